The second-order valence-electron chi connectivity index (χ2n) is 7.79. The van der Waals surface area contributed by atoms with Gasteiger partial charge in [0.05, 0.1) is 36.3 Å². The molecule has 0 amide bonds. The van der Waals surface area contributed by atoms with Gasteiger partial charge >= 0.3 is 0 Å². The van der Waals surface area contributed by atoms with Gasteiger partial charge in [-0.25, -0.2) is 4.98 Å². The molecule has 0 bridgehead atoms. The van der Waals surface area contributed by atoms with Crippen molar-refractivity contribution >= 4 is 11.3 Å². The third kappa shape index (κ3) is 3.39. The first-order valence-electron chi connectivity index (χ1n) is 10.5. The molecule has 0 fully saturated rings. The van der Waals surface area contributed by atoms with Crippen LogP contribution in [0.4, 0.5) is 5.69 Å². The van der Waals surface area contributed by atoms with Crippen LogP contribution in [0.1, 0.15) is 29.0 Å². The highest BCUT2D eigenvalue weighted by Crippen LogP contribution is 2.43. The lowest BCUT2D eigenvalue weighted by molar-refractivity contribution is -0.0597. The summed E-state index contributed by atoms with van der Waals surface area (Å²) in [6.07, 6.45) is 0.590. The molecule has 5 rings (SSSR count). The van der Waals surface area contributed by atoms with E-state index in [4.69, 9.17) is 9.72 Å². The molecule has 0 saturated heterocycles. The van der Waals surface area contributed by atoms with E-state index in [1.807, 2.05) is 67.7 Å². The van der Waals surface area contributed by atoms with Crippen LogP contribution in [0.25, 0.3) is 16.9 Å². The Morgan fingerprint density at radius 2 is 1.74 bits per heavy atom. The second-order valence-corrected chi connectivity index (χ2v) is 7.79. The molecule has 31 heavy (non-hydrogen) atoms. The number of nitrogens with zero attached hydrogens (tertiary/aromatic N) is 2. The number of rotatable bonds is 5. The van der Waals surface area contributed by atoms with Gasteiger partial charge in [-0.2, -0.15) is 0 Å². The molecule has 0 radical (unpaired) electrons. The minimum absolute atomic E-state index is 0.106. The van der Waals surface area contributed by atoms with Crippen molar-refractivity contribution in [3.63, 3.8) is 0 Å². The molecule has 1 aliphatic rings. The van der Waals surface area contributed by atoms with E-state index >= 15 is 0 Å². The van der Waals surface area contributed by atoms with Crippen LogP contribution in [0.15, 0.2) is 72.9 Å². The number of aliphatic hydroxyl groups is 2. The van der Waals surface area contributed by atoms with E-state index in [9.17, 15) is 10.2 Å². The number of anilines is 1. The molecular formula is C25H25N3O3. The number of aryl methyl sites for hydroxylation is 1. The first-order valence-corrected chi connectivity index (χ1v) is 10.5. The predicted molar refractivity (Wildman–Crippen MR) is 120 cm³/mol. The van der Waals surface area contributed by atoms with Gasteiger partial charge in [0, 0.05) is 17.3 Å². The first-order chi connectivity index (χ1) is 15.2. The first kappa shape index (κ1) is 19.8. The number of aliphatic hydroxyl groups excluding tert-OH is 2. The van der Waals surface area contributed by atoms with Gasteiger partial charge in [0.25, 0.3) is 0 Å². The number of hydrogen-bond acceptors (Lipinski definition) is 5. The summed E-state index contributed by atoms with van der Waals surface area (Å²) in [4.78, 5) is 4.88. The average molecular weight is 415 g/mol. The van der Waals surface area contributed by atoms with E-state index in [2.05, 4.69) is 21.9 Å². The van der Waals surface area contributed by atoms with Crippen molar-refractivity contribution in [2.45, 2.75) is 25.2 Å². The summed E-state index contributed by atoms with van der Waals surface area (Å²) in [6.45, 7) is 2.05. The van der Waals surface area contributed by atoms with Gasteiger partial charge in [0.1, 0.15) is 12.2 Å². The Bertz CT molecular complexity index is 1190. The molecule has 0 unspecified atom stereocenters. The Morgan fingerprint density at radius 3 is 2.45 bits per heavy atom. The van der Waals surface area contributed by atoms with Gasteiger partial charge in [0.2, 0.25) is 0 Å². The summed E-state index contributed by atoms with van der Waals surface area (Å²) in [5.41, 5.74) is 6.49. The van der Waals surface area contributed by atoms with Crippen LogP contribution >= 0.6 is 0 Å². The van der Waals surface area contributed by atoms with Crippen molar-refractivity contribution in [2.24, 2.45) is 0 Å². The third-order valence-corrected chi connectivity index (χ3v) is 5.85. The summed E-state index contributed by atoms with van der Waals surface area (Å²) in [7, 11) is 0. The maximum absolute atomic E-state index is 11.2. The smallest absolute Gasteiger partial charge is 0.161 e. The highest BCUT2D eigenvalue weighted by molar-refractivity contribution is 5.79. The van der Waals surface area contributed by atoms with E-state index in [1.54, 1.807) is 0 Å². The number of ether oxygens (including phenoxy) is 1. The molecule has 3 N–H and O–H groups in total. The van der Waals surface area contributed by atoms with Crippen LogP contribution in [0.2, 0.25) is 0 Å². The summed E-state index contributed by atoms with van der Waals surface area (Å²) >= 11 is 0. The second kappa shape index (κ2) is 8.15. The van der Waals surface area contributed by atoms with Gasteiger partial charge in [-0.3, -0.25) is 4.40 Å². The predicted octanol–water partition coefficient (Wildman–Crippen LogP) is 3.89. The molecule has 1 aliphatic heterocycles. The fourth-order valence-corrected chi connectivity index (χ4v) is 4.47. The lowest BCUT2D eigenvalue weighted by Crippen LogP contribution is -2.38. The maximum Gasteiger partial charge on any atom is 0.161 e. The average Bonchev–Trinajstić information content (AvgIpc) is 3.15. The van der Waals surface area contributed by atoms with Crippen molar-refractivity contribution < 1.29 is 14.9 Å². The van der Waals surface area contributed by atoms with E-state index in [0.717, 1.165) is 39.4 Å². The highest BCUT2D eigenvalue weighted by atomic mass is 16.5. The van der Waals surface area contributed by atoms with E-state index in [1.165, 1.54) is 0 Å². The van der Waals surface area contributed by atoms with E-state index in [0.29, 0.717) is 0 Å². The zero-order valence-electron chi connectivity index (χ0n) is 17.3. The Hall–Kier alpha value is -3.19. The molecule has 3 heterocycles. The zero-order chi connectivity index (χ0) is 21.4. The quantitative estimate of drug-likeness (QED) is 0.461. The van der Waals surface area contributed by atoms with Crippen molar-refractivity contribution in [1.82, 2.24) is 9.38 Å². The molecule has 2 aromatic heterocycles. The minimum atomic E-state index is -0.812. The SMILES string of the molecule is Cc1nc2c3c(ccn2c1-c1ccccc1)[C@@H](OCCO)[C@H](O)[C@@H](c1ccccc1)N3. The number of fused-ring (bicyclic) bond motifs is 3. The fourth-order valence-electron chi connectivity index (χ4n) is 4.47. The van der Waals surface area contributed by atoms with Gasteiger partial charge in [-0.05, 0) is 18.6 Å². The van der Waals surface area contributed by atoms with Crippen LogP contribution in [0.5, 0.6) is 0 Å². The van der Waals surface area contributed by atoms with Crippen LogP contribution < -0.4 is 5.32 Å². The van der Waals surface area contributed by atoms with Crippen molar-refractivity contribution in [2.75, 3.05) is 18.5 Å². The minimum Gasteiger partial charge on any atom is -0.394 e. The molecule has 3 atom stereocenters. The molecular weight excluding hydrogens is 390 g/mol. The van der Waals surface area contributed by atoms with E-state index < -0.39 is 12.2 Å². The van der Waals surface area contributed by atoms with Crippen LogP contribution in [0, 0.1) is 6.92 Å². The number of pyridine rings is 1. The highest BCUT2D eigenvalue weighted by Gasteiger charge is 2.38. The summed E-state index contributed by atoms with van der Waals surface area (Å²) in [5.74, 6) is 0. The van der Waals surface area contributed by atoms with Gasteiger partial charge < -0.3 is 20.3 Å². The van der Waals surface area contributed by atoms with Gasteiger partial charge in [-0.1, -0.05) is 60.7 Å². The van der Waals surface area contributed by atoms with Gasteiger partial charge in [0.15, 0.2) is 5.65 Å². The Morgan fingerprint density at radius 1 is 1.03 bits per heavy atom. The standard InChI is InChI=1S/C25H25N3O3/c1-16-22(18-10-6-3-7-11-18)28-13-12-19-21(25(28)26-16)27-20(17-8-4-2-5-9-17)23(30)24(19)31-15-14-29/h2-13,20,23-24,27,29-30H,14-15H2,1H3/t20-,23-,24-/m1/s1. The molecule has 6 nitrogen and oxygen atoms in total. The Balaban J connectivity index is 1.68. The summed E-state index contributed by atoms with van der Waals surface area (Å²) in [5, 5.41) is 24.0. The largest absolute Gasteiger partial charge is 0.394 e. The molecule has 0 spiro atoms. The van der Waals surface area contributed by atoms with Crippen molar-refractivity contribution in [1.29, 1.82) is 0 Å². The van der Waals surface area contributed by atoms with Gasteiger partial charge in [-0.15, -0.1) is 0 Å². The Kier molecular flexibility index (Phi) is 5.19. The molecule has 6 heteroatoms. The summed E-state index contributed by atoms with van der Waals surface area (Å²) < 4.78 is 8.00. The topological polar surface area (TPSA) is 79.0 Å². The maximum atomic E-state index is 11.2. The molecule has 158 valence electrons. The van der Waals surface area contributed by atoms with E-state index in [-0.39, 0.29) is 19.3 Å². The summed E-state index contributed by atoms with van der Waals surface area (Å²) in [6, 6.07) is 21.6. The van der Waals surface area contributed by atoms with Crippen molar-refractivity contribution in [3.8, 4) is 11.3 Å². The number of nitrogens with one attached hydrogen (secondary N) is 1. The monoisotopic (exact) mass is 415 g/mol. The lowest BCUT2D eigenvalue weighted by atomic mass is 9.89. The zero-order valence-corrected chi connectivity index (χ0v) is 17.3. The fraction of sp³-hybridized carbons (Fsp3) is 0.240. The van der Waals surface area contributed by atoms with Crippen LogP contribution in [-0.2, 0) is 4.74 Å². The molecule has 2 aromatic carbocycles. The molecule has 4 aromatic rings. The molecule has 0 saturated carbocycles. The number of aromatic nitrogens is 2. The normalized spacial score (nSPS) is 20.4. The van der Waals surface area contributed by atoms with Crippen LogP contribution in [-0.4, -0.2) is 38.9 Å². The third-order valence-electron chi connectivity index (χ3n) is 5.85. The number of hydrogen-bond donors (Lipinski definition) is 3. The lowest BCUT2D eigenvalue weighted by Gasteiger charge is -2.38. The van der Waals surface area contributed by atoms with Crippen LogP contribution in [0.3, 0.4) is 0 Å². The number of benzene rings is 2. The molecule has 0 aliphatic carbocycles. The number of imidazole rings is 1. The van der Waals surface area contributed by atoms with Crippen molar-refractivity contribution in [3.05, 3.63) is 89.7 Å². The Labute approximate surface area is 180 Å².